The first-order valence-electron chi connectivity index (χ1n) is 7.58. The van der Waals surface area contributed by atoms with Gasteiger partial charge in [-0.3, -0.25) is 0 Å². The standard InChI is InChI=1S/C18H27NO/c1-13(2)16-12-19(9-6-10-20)17-8-7-14(11-15(16)17)18(3,4)5/h7-8,11-13,20H,6,9-10H2,1-5H3. The Morgan fingerprint density at radius 2 is 1.90 bits per heavy atom. The number of fused-ring (bicyclic) bond motifs is 1. The van der Waals surface area contributed by atoms with Crippen molar-refractivity contribution < 1.29 is 5.11 Å². The summed E-state index contributed by atoms with van der Waals surface area (Å²) in [5.74, 6) is 0.517. The van der Waals surface area contributed by atoms with Gasteiger partial charge < -0.3 is 9.67 Å². The lowest BCUT2D eigenvalue weighted by Crippen LogP contribution is -2.10. The van der Waals surface area contributed by atoms with Gasteiger partial charge in [0.15, 0.2) is 0 Å². The molecule has 0 saturated heterocycles. The highest BCUT2D eigenvalue weighted by Crippen LogP contribution is 2.32. The van der Waals surface area contributed by atoms with Crippen LogP contribution in [0, 0.1) is 0 Å². The van der Waals surface area contributed by atoms with Gasteiger partial charge in [-0.05, 0) is 41.0 Å². The van der Waals surface area contributed by atoms with Crippen LogP contribution >= 0.6 is 0 Å². The fraction of sp³-hybridized carbons (Fsp3) is 0.556. The van der Waals surface area contributed by atoms with Crippen LogP contribution in [0.2, 0.25) is 0 Å². The highest BCUT2D eigenvalue weighted by atomic mass is 16.3. The maximum absolute atomic E-state index is 9.05. The summed E-state index contributed by atoms with van der Waals surface area (Å²) in [6, 6.07) is 6.82. The van der Waals surface area contributed by atoms with Crippen LogP contribution < -0.4 is 0 Å². The van der Waals surface area contributed by atoms with Crippen LogP contribution in [0.1, 0.15) is 58.1 Å². The molecule has 0 aliphatic rings. The number of aliphatic hydroxyl groups excluding tert-OH is 1. The lowest BCUT2D eigenvalue weighted by Gasteiger charge is -2.19. The zero-order valence-electron chi connectivity index (χ0n) is 13.4. The smallest absolute Gasteiger partial charge is 0.0483 e. The number of hydrogen-bond acceptors (Lipinski definition) is 1. The Kier molecular flexibility index (Phi) is 4.24. The van der Waals surface area contributed by atoms with Crippen LogP contribution in [0.4, 0.5) is 0 Å². The van der Waals surface area contributed by atoms with Crippen LogP contribution in [0.15, 0.2) is 24.4 Å². The second-order valence-electron chi connectivity index (χ2n) is 6.99. The molecule has 20 heavy (non-hydrogen) atoms. The highest BCUT2D eigenvalue weighted by molar-refractivity contribution is 5.85. The van der Waals surface area contributed by atoms with Crippen LogP contribution in [-0.2, 0) is 12.0 Å². The largest absolute Gasteiger partial charge is 0.396 e. The summed E-state index contributed by atoms with van der Waals surface area (Å²) in [5.41, 5.74) is 4.25. The minimum absolute atomic E-state index is 0.176. The molecule has 0 bridgehead atoms. The van der Waals surface area contributed by atoms with E-state index in [1.807, 2.05) is 0 Å². The molecule has 1 N–H and O–H groups in total. The zero-order valence-corrected chi connectivity index (χ0v) is 13.4. The van der Waals surface area contributed by atoms with Gasteiger partial charge in [-0.25, -0.2) is 0 Å². The zero-order chi connectivity index (χ0) is 14.9. The number of benzene rings is 1. The number of aromatic nitrogens is 1. The fourth-order valence-corrected chi connectivity index (χ4v) is 2.68. The molecule has 0 aliphatic heterocycles. The second kappa shape index (κ2) is 5.61. The fourth-order valence-electron chi connectivity index (χ4n) is 2.68. The predicted molar refractivity (Wildman–Crippen MR) is 86.4 cm³/mol. The summed E-state index contributed by atoms with van der Waals surface area (Å²) in [6.07, 6.45) is 3.07. The molecule has 2 heteroatoms. The summed E-state index contributed by atoms with van der Waals surface area (Å²) >= 11 is 0. The molecule has 0 fully saturated rings. The third-order valence-corrected chi connectivity index (χ3v) is 3.96. The topological polar surface area (TPSA) is 25.2 Å². The van der Waals surface area contributed by atoms with Crippen LogP contribution in [0.25, 0.3) is 10.9 Å². The lowest BCUT2D eigenvalue weighted by atomic mass is 9.86. The van der Waals surface area contributed by atoms with Crippen molar-refractivity contribution in [2.24, 2.45) is 0 Å². The minimum atomic E-state index is 0.176. The molecule has 2 aromatic rings. The van der Waals surface area contributed by atoms with Gasteiger partial charge in [0.1, 0.15) is 0 Å². The molecule has 1 heterocycles. The van der Waals surface area contributed by atoms with Gasteiger partial charge >= 0.3 is 0 Å². The number of aryl methyl sites for hydroxylation is 1. The summed E-state index contributed by atoms with van der Waals surface area (Å²) in [6.45, 7) is 12.4. The van der Waals surface area contributed by atoms with Crippen molar-refractivity contribution in [3.05, 3.63) is 35.5 Å². The van der Waals surface area contributed by atoms with E-state index in [1.165, 1.54) is 22.0 Å². The molecule has 1 aromatic carbocycles. The number of hydrogen-bond donors (Lipinski definition) is 1. The molecule has 0 saturated carbocycles. The van der Waals surface area contributed by atoms with Crippen molar-refractivity contribution in [1.82, 2.24) is 4.57 Å². The normalized spacial score (nSPS) is 12.6. The lowest BCUT2D eigenvalue weighted by molar-refractivity contribution is 0.280. The summed E-state index contributed by atoms with van der Waals surface area (Å²) in [4.78, 5) is 0. The predicted octanol–water partition coefficient (Wildman–Crippen LogP) is 4.44. The average Bonchev–Trinajstić information content (AvgIpc) is 2.73. The Labute approximate surface area is 122 Å². The molecular formula is C18H27NO. The van der Waals surface area contributed by atoms with Crippen LogP contribution in [-0.4, -0.2) is 16.3 Å². The van der Waals surface area contributed by atoms with Gasteiger partial charge in [-0.1, -0.05) is 40.7 Å². The Hall–Kier alpha value is -1.28. The molecule has 0 spiro atoms. The van der Waals surface area contributed by atoms with Gasteiger partial charge in [0.25, 0.3) is 0 Å². The van der Waals surface area contributed by atoms with Gasteiger partial charge in [-0.15, -0.1) is 0 Å². The van der Waals surface area contributed by atoms with E-state index < -0.39 is 0 Å². The maximum atomic E-state index is 9.05. The Balaban J connectivity index is 2.58. The van der Waals surface area contributed by atoms with E-state index in [0.29, 0.717) is 5.92 Å². The van der Waals surface area contributed by atoms with Crippen molar-refractivity contribution >= 4 is 10.9 Å². The monoisotopic (exact) mass is 273 g/mol. The van der Waals surface area contributed by atoms with Crippen molar-refractivity contribution in [2.45, 2.75) is 58.9 Å². The Morgan fingerprint density at radius 1 is 1.20 bits per heavy atom. The summed E-state index contributed by atoms with van der Waals surface area (Å²) in [7, 11) is 0. The third kappa shape index (κ3) is 2.90. The van der Waals surface area contributed by atoms with Crippen LogP contribution in [0.5, 0.6) is 0 Å². The molecule has 2 nitrogen and oxygen atoms in total. The molecule has 0 radical (unpaired) electrons. The first kappa shape index (κ1) is 15.1. The number of aliphatic hydroxyl groups is 1. The summed E-state index contributed by atoms with van der Waals surface area (Å²) in [5, 5.41) is 10.4. The quantitative estimate of drug-likeness (QED) is 0.875. The van der Waals surface area contributed by atoms with E-state index in [4.69, 9.17) is 5.11 Å². The van der Waals surface area contributed by atoms with Gasteiger partial charge in [0.2, 0.25) is 0 Å². The molecule has 0 amide bonds. The van der Waals surface area contributed by atoms with Crippen molar-refractivity contribution in [1.29, 1.82) is 0 Å². The van der Waals surface area contributed by atoms with Gasteiger partial charge in [0.05, 0.1) is 0 Å². The van der Waals surface area contributed by atoms with Crippen molar-refractivity contribution in [2.75, 3.05) is 6.61 Å². The first-order chi connectivity index (χ1) is 9.34. The molecule has 0 atom stereocenters. The molecular weight excluding hydrogens is 246 g/mol. The van der Waals surface area contributed by atoms with E-state index >= 15 is 0 Å². The van der Waals surface area contributed by atoms with E-state index in [9.17, 15) is 0 Å². The molecule has 0 unspecified atom stereocenters. The Morgan fingerprint density at radius 3 is 2.45 bits per heavy atom. The van der Waals surface area contributed by atoms with Gasteiger partial charge in [-0.2, -0.15) is 0 Å². The molecule has 0 aliphatic carbocycles. The maximum Gasteiger partial charge on any atom is 0.0483 e. The first-order valence-corrected chi connectivity index (χ1v) is 7.58. The van der Waals surface area contributed by atoms with Crippen LogP contribution in [0.3, 0.4) is 0 Å². The van der Waals surface area contributed by atoms with E-state index in [1.54, 1.807) is 0 Å². The summed E-state index contributed by atoms with van der Waals surface area (Å²) < 4.78 is 2.29. The van der Waals surface area contributed by atoms with Gasteiger partial charge in [0, 0.05) is 30.3 Å². The Bertz CT molecular complexity index is 587. The molecule has 1 aromatic heterocycles. The van der Waals surface area contributed by atoms with Crippen molar-refractivity contribution in [3.8, 4) is 0 Å². The average molecular weight is 273 g/mol. The SMILES string of the molecule is CC(C)c1cn(CCCO)c2ccc(C(C)(C)C)cc12. The molecule has 110 valence electrons. The minimum Gasteiger partial charge on any atom is -0.396 e. The second-order valence-corrected chi connectivity index (χ2v) is 6.99. The third-order valence-electron chi connectivity index (χ3n) is 3.96. The van der Waals surface area contributed by atoms with E-state index in [2.05, 4.69) is 63.6 Å². The number of nitrogens with zero attached hydrogens (tertiary/aromatic N) is 1. The van der Waals surface area contributed by atoms with E-state index in [0.717, 1.165) is 13.0 Å². The molecule has 2 rings (SSSR count). The van der Waals surface area contributed by atoms with Crippen molar-refractivity contribution in [3.63, 3.8) is 0 Å². The number of rotatable bonds is 4. The van der Waals surface area contributed by atoms with E-state index in [-0.39, 0.29) is 12.0 Å². The highest BCUT2D eigenvalue weighted by Gasteiger charge is 2.17.